The summed E-state index contributed by atoms with van der Waals surface area (Å²) in [6.45, 7) is 7.84. The summed E-state index contributed by atoms with van der Waals surface area (Å²) in [4.78, 5) is 6.81. The molecule has 106 valence electrons. The van der Waals surface area contributed by atoms with Gasteiger partial charge in [0.05, 0.1) is 12.2 Å². The largest absolute Gasteiger partial charge is 0.444 e. The van der Waals surface area contributed by atoms with Gasteiger partial charge >= 0.3 is 0 Å². The molecule has 2 heterocycles. The summed E-state index contributed by atoms with van der Waals surface area (Å²) < 4.78 is 5.59. The van der Waals surface area contributed by atoms with Crippen molar-refractivity contribution in [1.29, 1.82) is 0 Å². The molecule has 1 aromatic heterocycles. The molecule has 0 spiro atoms. The third-order valence-corrected chi connectivity index (χ3v) is 3.47. The van der Waals surface area contributed by atoms with Gasteiger partial charge in [-0.15, -0.1) is 24.8 Å². The lowest BCUT2D eigenvalue weighted by atomic mass is 9.97. The number of hydrogen-bond donors (Lipinski definition) is 1. The van der Waals surface area contributed by atoms with Gasteiger partial charge in [0.15, 0.2) is 0 Å². The molecule has 0 radical (unpaired) electrons. The molecule has 0 aliphatic carbocycles. The van der Waals surface area contributed by atoms with Gasteiger partial charge in [-0.25, -0.2) is 4.98 Å². The summed E-state index contributed by atoms with van der Waals surface area (Å²) >= 11 is 0. The number of aromatic nitrogens is 1. The first-order valence-corrected chi connectivity index (χ1v) is 6.04. The maximum Gasteiger partial charge on any atom is 0.208 e. The van der Waals surface area contributed by atoms with Crippen molar-refractivity contribution in [1.82, 2.24) is 9.88 Å². The number of nitrogens with zero attached hydrogens (tertiary/aromatic N) is 2. The van der Waals surface area contributed by atoms with E-state index in [1.54, 1.807) is 0 Å². The first-order valence-electron chi connectivity index (χ1n) is 6.04. The topological polar surface area (TPSA) is 55.3 Å². The summed E-state index contributed by atoms with van der Waals surface area (Å²) in [7, 11) is 0. The minimum atomic E-state index is 0. The molecule has 0 bridgehead atoms. The second kappa shape index (κ2) is 8.00. The molecule has 1 saturated heterocycles. The molecule has 18 heavy (non-hydrogen) atoms. The summed E-state index contributed by atoms with van der Waals surface area (Å²) in [6.07, 6.45) is 2.41. The summed E-state index contributed by atoms with van der Waals surface area (Å²) in [5.74, 6) is 2.50. The van der Waals surface area contributed by atoms with Crippen LogP contribution in [-0.2, 0) is 6.54 Å². The van der Waals surface area contributed by atoms with Crippen molar-refractivity contribution in [3.05, 3.63) is 17.3 Å². The zero-order valence-electron chi connectivity index (χ0n) is 11.0. The van der Waals surface area contributed by atoms with E-state index in [0.717, 1.165) is 43.5 Å². The van der Waals surface area contributed by atoms with Gasteiger partial charge < -0.3 is 10.2 Å². The van der Waals surface area contributed by atoms with Crippen LogP contribution in [0, 0.1) is 19.8 Å². The van der Waals surface area contributed by atoms with Crippen LogP contribution in [0.15, 0.2) is 4.42 Å². The van der Waals surface area contributed by atoms with Crippen molar-refractivity contribution in [2.24, 2.45) is 11.7 Å². The second-order valence-corrected chi connectivity index (χ2v) is 4.70. The van der Waals surface area contributed by atoms with Crippen LogP contribution in [0.5, 0.6) is 0 Å². The number of halogens is 2. The van der Waals surface area contributed by atoms with Crippen molar-refractivity contribution in [2.45, 2.75) is 33.2 Å². The number of likely N-dealkylation sites (tertiary alicyclic amines) is 1. The van der Waals surface area contributed by atoms with E-state index in [0.29, 0.717) is 5.92 Å². The Morgan fingerprint density at radius 3 is 2.33 bits per heavy atom. The van der Waals surface area contributed by atoms with Crippen LogP contribution in [0.3, 0.4) is 0 Å². The number of piperidine rings is 1. The van der Waals surface area contributed by atoms with Gasteiger partial charge in [0.1, 0.15) is 5.76 Å². The fraction of sp³-hybridized carbons (Fsp3) is 0.750. The van der Waals surface area contributed by atoms with E-state index >= 15 is 0 Å². The highest BCUT2D eigenvalue weighted by Crippen LogP contribution is 2.18. The van der Waals surface area contributed by atoms with Crippen molar-refractivity contribution in [2.75, 3.05) is 19.6 Å². The molecule has 1 aliphatic rings. The maximum atomic E-state index is 5.68. The third kappa shape index (κ3) is 4.43. The summed E-state index contributed by atoms with van der Waals surface area (Å²) in [6, 6.07) is 0. The Kier molecular flexibility index (Phi) is 7.87. The molecule has 0 amide bonds. The lowest BCUT2D eigenvalue weighted by Gasteiger charge is -2.30. The highest BCUT2D eigenvalue weighted by Gasteiger charge is 2.19. The van der Waals surface area contributed by atoms with Crippen molar-refractivity contribution in [3.8, 4) is 0 Å². The van der Waals surface area contributed by atoms with Crippen molar-refractivity contribution >= 4 is 24.8 Å². The monoisotopic (exact) mass is 295 g/mol. The van der Waals surface area contributed by atoms with Gasteiger partial charge in [-0.2, -0.15) is 0 Å². The van der Waals surface area contributed by atoms with Crippen LogP contribution in [0.25, 0.3) is 0 Å². The zero-order valence-corrected chi connectivity index (χ0v) is 12.6. The fourth-order valence-corrected chi connectivity index (χ4v) is 2.18. The first-order chi connectivity index (χ1) is 7.69. The summed E-state index contributed by atoms with van der Waals surface area (Å²) in [5, 5.41) is 0. The van der Waals surface area contributed by atoms with Gasteiger partial charge in [0, 0.05) is 0 Å². The SMILES string of the molecule is Cc1nc(CN2CCC(CN)CC2)oc1C.Cl.Cl. The predicted octanol–water partition coefficient (Wildman–Crippen LogP) is 2.31. The molecule has 2 N–H and O–H groups in total. The van der Waals surface area contributed by atoms with Crippen molar-refractivity contribution in [3.63, 3.8) is 0 Å². The Morgan fingerprint density at radius 1 is 1.28 bits per heavy atom. The standard InChI is InChI=1S/C12H21N3O.2ClH/c1-9-10(2)16-12(14-9)8-15-5-3-11(7-13)4-6-15;;/h11H,3-8,13H2,1-2H3;2*1H. The van der Waals surface area contributed by atoms with Gasteiger partial charge in [-0.05, 0) is 52.2 Å². The number of nitrogens with two attached hydrogens (primary N) is 1. The number of rotatable bonds is 3. The van der Waals surface area contributed by atoms with E-state index < -0.39 is 0 Å². The molecule has 4 nitrogen and oxygen atoms in total. The molecule has 2 rings (SSSR count). The quantitative estimate of drug-likeness (QED) is 0.930. The molecule has 6 heteroatoms. The first kappa shape index (κ1) is 17.7. The molecule has 1 aromatic rings. The average Bonchev–Trinajstić information content (AvgIpc) is 2.59. The zero-order chi connectivity index (χ0) is 11.5. The van der Waals surface area contributed by atoms with E-state index in [4.69, 9.17) is 10.2 Å². The lowest BCUT2D eigenvalue weighted by molar-refractivity contribution is 0.166. The Morgan fingerprint density at radius 2 is 1.89 bits per heavy atom. The van der Waals surface area contributed by atoms with Crippen LogP contribution >= 0.6 is 24.8 Å². The number of hydrogen-bond acceptors (Lipinski definition) is 4. The van der Waals surface area contributed by atoms with Gasteiger partial charge in [0.25, 0.3) is 0 Å². The maximum absolute atomic E-state index is 5.68. The smallest absolute Gasteiger partial charge is 0.208 e. The van der Waals surface area contributed by atoms with E-state index in [-0.39, 0.29) is 24.8 Å². The fourth-order valence-electron chi connectivity index (χ4n) is 2.18. The average molecular weight is 296 g/mol. The molecule has 0 atom stereocenters. The molecule has 0 unspecified atom stereocenters. The minimum Gasteiger partial charge on any atom is -0.444 e. The van der Waals surface area contributed by atoms with Gasteiger partial charge in [0.2, 0.25) is 5.89 Å². The van der Waals surface area contributed by atoms with Gasteiger partial charge in [-0.1, -0.05) is 0 Å². The van der Waals surface area contributed by atoms with Crippen LogP contribution < -0.4 is 5.73 Å². The molecule has 0 aromatic carbocycles. The normalized spacial score (nSPS) is 17.1. The van der Waals surface area contributed by atoms with Gasteiger partial charge in [-0.3, -0.25) is 4.90 Å². The second-order valence-electron chi connectivity index (χ2n) is 4.70. The van der Waals surface area contributed by atoms with Crippen molar-refractivity contribution < 1.29 is 4.42 Å². The Bertz CT molecular complexity index is 330. The van der Waals surface area contributed by atoms with E-state index in [1.165, 1.54) is 12.8 Å². The number of oxazole rings is 1. The molecule has 1 aliphatic heterocycles. The predicted molar refractivity (Wildman–Crippen MR) is 77.5 cm³/mol. The third-order valence-electron chi connectivity index (χ3n) is 3.47. The molecular formula is C12H23Cl2N3O. The molecule has 1 fully saturated rings. The van der Waals surface area contributed by atoms with Crippen LogP contribution in [0.1, 0.15) is 30.2 Å². The highest BCUT2D eigenvalue weighted by molar-refractivity contribution is 5.85. The minimum absolute atomic E-state index is 0. The number of aryl methyl sites for hydroxylation is 2. The van der Waals surface area contributed by atoms with Crippen LogP contribution in [0.2, 0.25) is 0 Å². The highest BCUT2D eigenvalue weighted by atomic mass is 35.5. The lowest BCUT2D eigenvalue weighted by Crippen LogP contribution is -2.35. The Hall–Kier alpha value is -0.290. The summed E-state index contributed by atoms with van der Waals surface area (Å²) in [5.41, 5.74) is 6.68. The molecule has 0 saturated carbocycles. The van der Waals surface area contributed by atoms with Crippen LogP contribution in [0.4, 0.5) is 0 Å². The molecular weight excluding hydrogens is 273 g/mol. The van der Waals surface area contributed by atoms with E-state index in [2.05, 4.69) is 9.88 Å². The Balaban J connectivity index is 0.00000144. The Labute approximate surface area is 121 Å². The van der Waals surface area contributed by atoms with Crippen LogP contribution in [-0.4, -0.2) is 29.5 Å². The van der Waals surface area contributed by atoms with E-state index in [1.807, 2.05) is 13.8 Å². The van der Waals surface area contributed by atoms with E-state index in [9.17, 15) is 0 Å².